The van der Waals surface area contributed by atoms with Crippen LogP contribution in [0.2, 0.25) is 15.1 Å². The molecule has 0 aliphatic carbocycles. The van der Waals surface area contributed by atoms with E-state index in [0.29, 0.717) is 21.1 Å². The summed E-state index contributed by atoms with van der Waals surface area (Å²) in [6, 6.07) is 3.75. The molecular formula is C12H16Cl3N. The predicted octanol–water partition coefficient (Wildman–Crippen LogP) is 5.64. The van der Waals surface area contributed by atoms with E-state index in [1.165, 1.54) is 12.8 Å². The summed E-state index contributed by atoms with van der Waals surface area (Å²) in [5.74, 6) is 0. The molecule has 0 aromatic heterocycles. The Morgan fingerprint density at radius 3 is 2.25 bits per heavy atom. The summed E-state index contributed by atoms with van der Waals surface area (Å²) in [6.07, 6.45) is 3.48. The average Bonchev–Trinajstić information content (AvgIpc) is 2.20. The van der Waals surface area contributed by atoms with Gasteiger partial charge in [0.1, 0.15) is 0 Å². The molecule has 0 heterocycles. The van der Waals surface area contributed by atoms with Crippen LogP contribution in [0.1, 0.15) is 33.1 Å². The fourth-order valence-electron chi connectivity index (χ4n) is 1.51. The van der Waals surface area contributed by atoms with Crippen LogP contribution in [0.4, 0.5) is 5.69 Å². The number of anilines is 1. The molecule has 0 bridgehead atoms. The molecule has 90 valence electrons. The molecule has 0 saturated heterocycles. The standard InChI is InChI=1S/C12H16Cl3N/c1-3-4-5-8(2)16-12-10(14)6-9(13)7-11(12)15/h6-8,16H,3-5H2,1-2H3. The van der Waals surface area contributed by atoms with Gasteiger partial charge in [0.2, 0.25) is 0 Å². The number of halogens is 3. The summed E-state index contributed by atoms with van der Waals surface area (Å²) in [5, 5.41) is 5.02. The van der Waals surface area contributed by atoms with E-state index in [4.69, 9.17) is 34.8 Å². The van der Waals surface area contributed by atoms with Gasteiger partial charge >= 0.3 is 0 Å². The van der Waals surface area contributed by atoms with Gasteiger partial charge in [0.15, 0.2) is 0 Å². The van der Waals surface area contributed by atoms with Gasteiger partial charge in [-0.1, -0.05) is 54.6 Å². The van der Waals surface area contributed by atoms with Crippen molar-refractivity contribution in [2.75, 3.05) is 5.32 Å². The third-order valence-electron chi connectivity index (χ3n) is 2.39. The molecule has 0 radical (unpaired) electrons. The minimum absolute atomic E-state index is 0.358. The molecule has 1 rings (SSSR count). The first-order valence-electron chi connectivity index (χ1n) is 5.45. The van der Waals surface area contributed by atoms with Crippen LogP contribution in [0.15, 0.2) is 12.1 Å². The molecule has 4 heteroatoms. The minimum Gasteiger partial charge on any atom is -0.380 e. The lowest BCUT2D eigenvalue weighted by molar-refractivity contribution is 0.645. The molecule has 0 aliphatic heterocycles. The Balaban J connectivity index is 2.73. The number of hydrogen-bond acceptors (Lipinski definition) is 1. The number of benzene rings is 1. The number of unbranched alkanes of at least 4 members (excludes halogenated alkanes) is 1. The molecule has 16 heavy (non-hydrogen) atoms. The Morgan fingerprint density at radius 2 is 1.75 bits per heavy atom. The SMILES string of the molecule is CCCCC(C)Nc1c(Cl)cc(Cl)cc1Cl. The van der Waals surface area contributed by atoms with Crippen LogP contribution < -0.4 is 5.32 Å². The van der Waals surface area contributed by atoms with Crippen LogP contribution in [0, 0.1) is 0 Å². The van der Waals surface area contributed by atoms with E-state index < -0.39 is 0 Å². The van der Waals surface area contributed by atoms with Crippen molar-refractivity contribution in [3.8, 4) is 0 Å². The molecule has 0 aliphatic rings. The van der Waals surface area contributed by atoms with E-state index in [0.717, 1.165) is 12.1 Å². The Kier molecular flexibility index (Phi) is 5.74. The van der Waals surface area contributed by atoms with Gasteiger partial charge in [-0.2, -0.15) is 0 Å². The highest BCUT2D eigenvalue weighted by Gasteiger charge is 2.10. The topological polar surface area (TPSA) is 12.0 Å². The van der Waals surface area contributed by atoms with Crippen molar-refractivity contribution in [3.05, 3.63) is 27.2 Å². The van der Waals surface area contributed by atoms with Crippen LogP contribution in [0.25, 0.3) is 0 Å². The molecule has 0 fully saturated rings. The van der Waals surface area contributed by atoms with Crippen molar-refractivity contribution < 1.29 is 0 Å². The molecule has 0 spiro atoms. The first kappa shape index (κ1) is 14.0. The lowest BCUT2D eigenvalue weighted by Gasteiger charge is -2.17. The zero-order valence-corrected chi connectivity index (χ0v) is 11.8. The molecule has 1 atom stereocenters. The highest BCUT2D eigenvalue weighted by molar-refractivity contribution is 6.41. The smallest absolute Gasteiger partial charge is 0.0722 e. The predicted molar refractivity (Wildman–Crippen MR) is 74.1 cm³/mol. The zero-order chi connectivity index (χ0) is 12.1. The second-order valence-electron chi connectivity index (χ2n) is 3.93. The third-order valence-corrected chi connectivity index (χ3v) is 3.20. The van der Waals surface area contributed by atoms with Gasteiger partial charge in [-0.25, -0.2) is 0 Å². The highest BCUT2D eigenvalue weighted by atomic mass is 35.5. The maximum absolute atomic E-state index is 6.08. The van der Waals surface area contributed by atoms with Crippen LogP contribution in [0.3, 0.4) is 0 Å². The van der Waals surface area contributed by atoms with Crippen molar-refractivity contribution in [3.63, 3.8) is 0 Å². The van der Waals surface area contributed by atoms with Gasteiger partial charge in [-0.05, 0) is 25.5 Å². The van der Waals surface area contributed by atoms with Crippen LogP contribution in [-0.2, 0) is 0 Å². The summed E-state index contributed by atoms with van der Waals surface area (Å²) in [7, 11) is 0. The van der Waals surface area contributed by atoms with E-state index in [-0.39, 0.29) is 0 Å². The lowest BCUT2D eigenvalue weighted by atomic mass is 10.1. The first-order valence-corrected chi connectivity index (χ1v) is 6.59. The molecule has 1 aromatic carbocycles. The van der Waals surface area contributed by atoms with E-state index in [1.807, 2.05) is 0 Å². The summed E-state index contributed by atoms with van der Waals surface area (Å²) in [6.45, 7) is 4.30. The van der Waals surface area contributed by atoms with Gasteiger partial charge in [-0.15, -0.1) is 0 Å². The van der Waals surface area contributed by atoms with Crippen molar-refractivity contribution in [1.82, 2.24) is 0 Å². The lowest BCUT2D eigenvalue weighted by Crippen LogP contribution is -2.15. The normalized spacial score (nSPS) is 12.6. The van der Waals surface area contributed by atoms with Gasteiger partial charge in [-0.3, -0.25) is 0 Å². The third kappa shape index (κ3) is 4.04. The van der Waals surface area contributed by atoms with Crippen molar-refractivity contribution in [2.45, 2.75) is 39.2 Å². The minimum atomic E-state index is 0.358. The molecule has 1 unspecified atom stereocenters. The summed E-state index contributed by atoms with van der Waals surface area (Å²) < 4.78 is 0. The fraction of sp³-hybridized carbons (Fsp3) is 0.500. The highest BCUT2D eigenvalue weighted by Crippen LogP contribution is 2.34. The maximum Gasteiger partial charge on any atom is 0.0722 e. The van der Waals surface area contributed by atoms with E-state index in [2.05, 4.69) is 19.2 Å². The molecule has 0 saturated carbocycles. The van der Waals surface area contributed by atoms with Crippen molar-refractivity contribution >= 4 is 40.5 Å². The molecule has 1 N–H and O–H groups in total. The van der Waals surface area contributed by atoms with Crippen LogP contribution in [-0.4, -0.2) is 6.04 Å². The van der Waals surface area contributed by atoms with E-state index in [9.17, 15) is 0 Å². The quantitative estimate of drug-likeness (QED) is 0.736. The van der Waals surface area contributed by atoms with Gasteiger partial charge in [0.25, 0.3) is 0 Å². The second kappa shape index (κ2) is 6.58. The zero-order valence-electron chi connectivity index (χ0n) is 9.49. The van der Waals surface area contributed by atoms with Gasteiger partial charge < -0.3 is 5.32 Å². The number of nitrogens with one attached hydrogen (secondary N) is 1. The summed E-state index contributed by atoms with van der Waals surface area (Å²) in [4.78, 5) is 0. The Labute approximate surface area is 112 Å². The van der Waals surface area contributed by atoms with Crippen molar-refractivity contribution in [2.24, 2.45) is 0 Å². The first-order chi connectivity index (χ1) is 7.54. The Hall–Kier alpha value is -0.110. The fourth-order valence-corrected chi connectivity index (χ4v) is 2.44. The molecular weight excluding hydrogens is 264 g/mol. The number of rotatable bonds is 5. The van der Waals surface area contributed by atoms with Gasteiger partial charge in [0.05, 0.1) is 15.7 Å². The molecule has 1 nitrogen and oxygen atoms in total. The average molecular weight is 281 g/mol. The molecule has 1 aromatic rings. The Morgan fingerprint density at radius 1 is 1.19 bits per heavy atom. The maximum atomic E-state index is 6.08. The molecule has 0 amide bonds. The second-order valence-corrected chi connectivity index (χ2v) is 5.18. The number of hydrogen-bond donors (Lipinski definition) is 1. The largest absolute Gasteiger partial charge is 0.380 e. The van der Waals surface area contributed by atoms with E-state index >= 15 is 0 Å². The monoisotopic (exact) mass is 279 g/mol. The Bertz CT molecular complexity index is 329. The summed E-state index contributed by atoms with van der Waals surface area (Å²) >= 11 is 18.0. The van der Waals surface area contributed by atoms with Crippen LogP contribution >= 0.6 is 34.8 Å². The van der Waals surface area contributed by atoms with Crippen molar-refractivity contribution in [1.29, 1.82) is 0 Å². The van der Waals surface area contributed by atoms with Crippen LogP contribution in [0.5, 0.6) is 0 Å². The van der Waals surface area contributed by atoms with E-state index in [1.54, 1.807) is 12.1 Å². The van der Waals surface area contributed by atoms with Gasteiger partial charge in [0, 0.05) is 11.1 Å². The summed E-state index contributed by atoms with van der Waals surface area (Å²) in [5.41, 5.74) is 0.774.